The minimum atomic E-state index is -0.926. The van der Waals surface area contributed by atoms with E-state index in [0.29, 0.717) is 11.8 Å². The number of rotatable bonds is 4. The quantitative estimate of drug-likeness (QED) is 0.514. The maximum absolute atomic E-state index is 11.6. The predicted octanol–water partition coefficient (Wildman–Crippen LogP) is 5.56. The summed E-state index contributed by atoms with van der Waals surface area (Å²) in [5.41, 5.74) is 1.49. The average molecular weight is 429 g/mol. The summed E-state index contributed by atoms with van der Waals surface area (Å²) in [6.07, 6.45) is 15.5. The van der Waals surface area contributed by atoms with Crippen molar-refractivity contribution in [3.8, 4) is 0 Å². The molecule has 0 radical (unpaired) electrons. The van der Waals surface area contributed by atoms with E-state index in [1.807, 2.05) is 39.8 Å². The van der Waals surface area contributed by atoms with Crippen molar-refractivity contribution in [3.63, 3.8) is 0 Å². The lowest BCUT2D eigenvalue weighted by molar-refractivity contribution is -0.0377. The molecule has 4 rings (SSSR count). The van der Waals surface area contributed by atoms with Gasteiger partial charge < -0.3 is 15.3 Å². The molecular formula is C28H44O3. The number of fused-ring (bicyclic) bond motifs is 5. The van der Waals surface area contributed by atoms with Gasteiger partial charge in [-0.25, -0.2) is 0 Å². The molecule has 0 heterocycles. The molecule has 0 aromatic carbocycles. The van der Waals surface area contributed by atoms with Gasteiger partial charge in [-0.2, -0.15) is 0 Å². The van der Waals surface area contributed by atoms with Crippen molar-refractivity contribution in [1.29, 1.82) is 0 Å². The van der Waals surface area contributed by atoms with Gasteiger partial charge in [-0.3, -0.25) is 0 Å². The van der Waals surface area contributed by atoms with E-state index in [0.717, 1.165) is 38.5 Å². The smallest absolute Gasteiger partial charge is 0.0834 e. The first-order chi connectivity index (χ1) is 14.3. The molecule has 3 N–H and O–H groups in total. The molecule has 4 aliphatic carbocycles. The molecule has 3 nitrogen and oxygen atoms in total. The third kappa shape index (κ3) is 3.69. The van der Waals surface area contributed by atoms with E-state index in [-0.39, 0.29) is 28.8 Å². The fourth-order valence-electron chi connectivity index (χ4n) is 7.59. The molecule has 3 heteroatoms. The molecule has 174 valence electrons. The van der Waals surface area contributed by atoms with Crippen LogP contribution in [0.15, 0.2) is 35.5 Å². The maximum Gasteiger partial charge on any atom is 0.0834 e. The minimum absolute atomic E-state index is 0.0791. The fourth-order valence-corrected chi connectivity index (χ4v) is 7.59. The van der Waals surface area contributed by atoms with Crippen LogP contribution < -0.4 is 0 Å². The SMILES string of the molecule is CC(C)C(C)(O)/C=C/C(C)(O)[C@H]1CC[C@H]2C3=CC=C4C[C@@H](O)CC[C@]4(C)[C@H]3CC[C@]12C. The largest absolute Gasteiger partial charge is 0.393 e. The predicted molar refractivity (Wildman–Crippen MR) is 126 cm³/mol. The van der Waals surface area contributed by atoms with E-state index in [1.165, 1.54) is 12.0 Å². The van der Waals surface area contributed by atoms with Gasteiger partial charge in [-0.15, -0.1) is 0 Å². The van der Waals surface area contributed by atoms with Crippen LogP contribution in [0.5, 0.6) is 0 Å². The highest BCUT2D eigenvalue weighted by Gasteiger charge is 2.59. The zero-order chi connectivity index (χ0) is 22.8. The monoisotopic (exact) mass is 428 g/mol. The summed E-state index contributed by atoms with van der Waals surface area (Å²) < 4.78 is 0. The maximum atomic E-state index is 11.6. The molecule has 0 bridgehead atoms. The third-order valence-corrected chi connectivity index (χ3v) is 10.2. The minimum Gasteiger partial charge on any atom is -0.393 e. The zero-order valence-electron chi connectivity index (χ0n) is 20.5. The van der Waals surface area contributed by atoms with Crippen molar-refractivity contribution in [1.82, 2.24) is 0 Å². The zero-order valence-corrected chi connectivity index (χ0v) is 20.5. The van der Waals surface area contributed by atoms with Crippen molar-refractivity contribution in [2.24, 2.45) is 34.5 Å². The molecule has 0 spiro atoms. The van der Waals surface area contributed by atoms with Gasteiger partial charge in [-0.1, -0.05) is 63.1 Å². The van der Waals surface area contributed by atoms with Crippen LogP contribution in [0.4, 0.5) is 0 Å². The van der Waals surface area contributed by atoms with Crippen LogP contribution >= 0.6 is 0 Å². The number of allylic oxidation sites excluding steroid dienone is 3. The van der Waals surface area contributed by atoms with E-state index in [4.69, 9.17) is 0 Å². The highest BCUT2D eigenvalue weighted by Crippen LogP contribution is 2.66. The van der Waals surface area contributed by atoms with Gasteiger partial charge >= 0.3 is 0 Å². The van der Waals surface area contributed by atoms with Crippen LogP contribution in [0.3, 0.4) is 0 Å². The van der Waals surface area contributed by atoms with E-state index in [1.54, 1.807) is 5.57 Å². The van der Waals surface area contributed by atoms with Crippen LogP contribution in [0.1, 0.15) is 86.5 Å². The fraction of sp³-hybridized carbons (Fsp3) is 0.786. The summed E-state index contributed by atoms with van der Waals surface area (Å²) in [6.45, 7) is 12.6. The molecule has 8 atom stereocenters. The molecule has 4 aliphatic rings. The second-order valence-electron chi connectivity index (χ2n) is 12.4. The summed E-state index contributed by atoms with van der Waals surface area (Å²) in [5, 5.41) is 32.4. The van der Waals surface area contributed by atoms with Gasteiger partial charge in [0.05, 0.1) is 17.3 Å². The van der Waals surface area contributed by atoms with Crippen LogP contribution in [-0.2, 0) is 0 Å². The van der Waals surface area contributed by atoms with Gasteiger partial charge in [0.1, 0.15) is 0 Å². The lowest BCUT2D eigenvalue weighted by atomic mass is 9.49. The number of aliphatic hydroxyl groups excluding tert-OH is 1. The van der Waals surface area contributed by atoms with Gasteiger partial charge in [0.25, 0.3) is 0 Å². The second-order valence-corrected chi connectivity index (χ2v) is 12.4. The Balaban J connectivity index is 1.62. The summed E-state index contributed by atoms with van der Waals surface area (Å²) in [6, 6.07) is 0. The van der Waals surface area contributed by atoms with Crippen molar-refractivity contribution in [3.05, 3.63) is 35.5 Å². The molecule has 0 amide bonds. The van der Waals surface area contributed by atoms with Crippen molar-refractivity contribution >= 4 is 0 Å². The molecule has 0 aromatic heterocycles. The number of hydrogen-bond donors (Lipinski definition) is 3. The first-order valence-electron chi connectivity index (χ1n) is 12.6. The number of aliphatic hydroxyl groups is 3. The molecular weight excluding hydrogens is 384 g/mol. The Hall–Kier alpha value is -0.900. The van der Waals surface area contributed by atoms with Crippen LogP contribution in [0.25, 0.3) is 0 Å². The normalized spacial score (nSPS) is 44.1. The highest BCUT2D eigenvalue weighted by atomic mass is 16.3. The summed E-state index contributed by atoms with van der Waals surface area (Å²) in [5.74, 6) is 1.39. The Labute approximate surface area is 189 Å². The van der Waals surface area contributed by atoms with E-state index in [2.05, 4.69) is 26.0 Å². The van der Waals surface area contributed by atoms with Gasteiger partial charge in [-0.05, 0) is 93.3 Å². The molecule has 0 aromatic rings. The summed E-state index contributed by atoms with van der Waals surface area (Å²) >= 11 is 0. The third-order valence-electron chi connectivity index (χ3n) is 10.2. The Morgan fingerprint density at radius 3 is 2.35 bits per heavy atom. The van der Waals surface area contributed by atoms with Crippen molar-refractivity contribution < 1.29 is 15.3 Å². The first-order valence-corrected chi connectivity index (χ1v) is 12.6. The highest BCUT2D eigenvalue weighted by molar-refractivity contribution is 5.39. The van der Waals surface area contributed by atoms with Crippen LogP contribution in [0.2, 0.25) is 0 Å². The van der Waals surface area contributed by atoms with Crippen LogP contribution in [-0.4, -0.2) is 32.6 Å². The van der Waals surface area contributed by atoms with Crippen LogP contribution in [0, 0.1) is 34.5 Å². The Morgan fingerprint density at radius 1 is 0.968 bits per heavy atom. The van der Waals surface area contributed by atoms with Crippen molar-refractivity contribution in [2.75, 3.05) is 0 Å². The Bertz CT molecular complexity index is 801. The topological polar surface area (TPSA) is 60.7 Å². The molecule has 3 fully saturated rings. The summed E-state index contributed by atoms with van der Waals surface area (Å²) in [4.78, 5) is 0. The molecule has 2 unspecified atom stereocenters. The van der Waals surface area contributed by atoms with Crippen molar-refractivity contribution in [2.45, 2.75) is 104 Å². The van der Waals surface area contributed by atoms with Gasteiger partial charge in [0.2, 0.25) is 0 Å². The second kappa shape index (κ2) is 7.57. The van der Waals surface area contributed by atoms with E-state index < -0.39 is 11.2 Å². The molecule has 3 saturated carbocycles. The summed E-state index contributed by atoms with van der Waals surface area (Å²) in [7, 11) is 0. The lowest BCUT2D eigenvalue weighted by Gasteiger charge is -2.55. The molecule has 0 aliphatic heterocycles. The van der Waals surface area contributed by atoms with Gasteiger partial charge in [0, 0.05) is 0 Å². The first kappa shape index (κ1) is 23.3. The Morgan fingerprint density at radius 2 is 1.68 bits per heavy atom. The Kier molecular flexibility index (Phi) is 5.68. The van der Waals surface area contributed by atoms with E-state index in [9.17, 15) is 15.3 Å². The molecule has 31 heavy (non-hydrogen) atoms. The molecule has 0 saturated heterocycles. The number of hydrogen-bond acceptors (Lipinski definition) is 3. The van der Waals surface area contributed by atoms with E-state index >= 15 is 0 Å². The lowest BCUT2D eigenvalue weighted by Crippen LogP contribution is -2.49. The standard InChI is InChI=1S/C28H44O3/c1-18(2)27(5,30)15-16-28(6,31)24-10-9-22-21-8-7-19-17-20(29)11-13-25(19,3)23(21)12-14-26(22,24)4/h7-8,15-16,18,20,22-24,29-31H,9-14,17H2,1-6H3/b16-15+/t20-,22-,23-,24-,25-,26-,27?,28?/m0/s1. The average Bonchev–Trinajstić information content (AvgIpc) is 3.05. The van der Waals surface area contributed by atoms with Gasteiger partial charge in [0.15, 0.2) is 0 Å².